The Morgan fingerprint density at radius 3 is 2.53 bits per heavy atom. The zero-order valence-corrected chi connectivity index (χ0v) is 18.0. The van der Waals surface area contributed by atoms with Crippen molar-refractivity contribution < 1.29 is 19.8 Å². The highest BCUT2D eigenvalue weighted by molar-refractivity contribution is 6.10. The Bertz CT molecular complexity index is 1590. The number of hydrogen-bond acceptors (Lipinski definition) is 4. The number of aromatic nitrogens is 4. The Balaban J connectivity index is 1.97. The molecule has 3 aromatic heterocycles. The fraction of sp³-hybridized carbons (Fsp3) is 0.0769. The van der Waals surface area contributed by atoms with E-state index in [-0.39, 0.29) is 28.1 Å². The lowest BCUT2D eigenvalue weighted by atomic mass is 9.98. The maximum atomic E-state index is 12.2. The van der Waals surface area contributed by atoms with E-state index in [4.69, 9.17) is 4.98 Å². The molecule has 0 fully saturated rings. The fourth-order valence-electron chi connectivity index (χ4n) is 4.36. The summed E-state index contributed by atoms with van der Waals surface area (Å²) in [5, 5.41) is 19.7. The molecule has 4 N–H and O–H groups in total. The van der Waals surface area contributed by atoms with Gasteiger partial charge in [0.15, 0.2) is 0 Å². The summed E-state index contributed by atoms with van der Waals surface area (Å²) >= 11 is 0. The first-order chi connectivity index (χ1) is 16.4. The van der Waals surface area contributed by atoms with E-state index < -0.39 is 11.9 Å². The van der Waals surface area contributed by atoms with E-state index in [0.717, 1.165) is 17.0 Å². The van der Waals surface area contributed by atoms with Crippen LogP contribution in [0, 0.1) is 0 Å². The van der Waals surface area contributed by atoms with E-state index >= 15 is 0 Å². The van der Waals surface area contributed by atoms with Gasteiger partial charge in [-0.15, -0.1) is 6.58 Å². The summed E-state index contributed by atoms with van der Waals surface area (Å²) in [4.78, 5) is 39.6. The standard InChI is InChI=1S/C26H20N4O4/c1-3-13-9-16-10-15-6-8-21(28-15)22(26(33)34)24-19(25(31)32)12-17(30-24)11-14-5-7-20(27-14)18(4-2)23(13)29-16/h3-8,10-13,28,30H,1-2,9H2,(H,31,32)(H,33,34). The summed E-state index contributed by atoms with van der Waals surface area (Å²) < 4.78 is 0. The van der Waals surface area contributed by atoms with E-state index in [9.17, 15) is 19.8 Å². The molecule has 2 aliphatic rings. The average molecular weight is 452 g/mol. The van der Waals surface area contributed by atoms with Gasteiger partial charge in [0.25, 0.3) is 0 Å². The molecule has 8 bridgehead atoms. The van der Waals surface area contributed by atoms with Crippen LogP contribution in [0.2, 0.25) is 0 Å². The number of rotatable bonds is 4. The topological polar surface area (TPSA) is 132 Å². The van der Waals surface area contributed by atoms with E-state index in [1.54, 1.807) is 30.4 Å². The molecule has 0 radical (unpaired) electrons. The van der Waals surface area contributed by atoms with Crippen molar-refractivity contribution >= 4 is 52.2 Å². The van der Waals surface area contributed by atoms with Gasteiger partial charge in [0, 0.05) is 34.6 Å². The van der Waals surface area contributed by atoms with Crippen molar-refractivity contribution in [2.24, 2.45) is 0 Å². The largest absolute Gasteiger partial charge is 0.478 e. The molecule has 8 heteroatoms. The number of nitrogens with zero attached hydrogens (tertiary/aromatic N) is 2. The summed E-state index contributed by atoms with van der Waals surface area (Å²) in [5.41, 5.74) is 4.68. The molecule has 0 saturated heterocycles. The van der Waals surface area contributed by atoms with E-state index in [0.29, 0.717) is 28.8 Å². The highest BCUT2D eigenvalue weighted by Gasteiger charge is 2.22. The van der Waals surface area contributed by atoms with Crippen LogP contribution in [0.15, 0.2) is 49.6 Å². The van der Waals surface area contributed by atoms with Gasteiger partial charge in [-0.1, -0.05) is 18.7 Å². The second kappa shape index (κ2) is 8.00. The number of allylic oxidation sites excluding steroid dienone is 1. The number of carboxylic acid groups (broad SMARTS) is 2. The highest BCUT2D eigenvalue weighted by Crippen LogP contribution is 2.31. The number of nitrogens with one attached hydrogen (secondary N) is 2. The number of carbonyl (C=O) groups is 2. The molecule has 2 aliphatic heterocycles. The Hall–Kier alpha value is -4.72. The minimum atomic E-state index is -1.26. The molecule has 1 atom stereocenters. The molecule has 3 aromatic rings. The molecule has 0 spiro atoms. The van der Waals surface area contributed by atoms with E-state index in [2.05, 4.69) is 28.1 Å². The van der Waals surface area contributed by atoms with Crippen molar-refractivity contribution in [2.45, 2.75) is 12.3 Å². The molecule has 5 rings (SSSR count). The number of fused-ring (bicyclic) bond motifs is 8. The summed E-state index contributed by atoms with van der Waals surface area (Å²) in [6.45, 7) is 7.91. The zero-order valence-electron chi connectivity index (χ0n) is 18.0. The number of aromatic carboxylic acids is 2. The molecule has 0 saturated carbocycles. The smallest absolute Gasteiger partial charge is 0.339 e. The molecule has 34 heavy (non-hydrogen) atoms. The van der Waals surface area contributed by atoms with Crippen LogP contribution in [0.3, 0.4) is 0 Å². The number of H-pyrrole nitrogens is 2. The van der Waals surface area contributed by atoms with Gasteiger partial charge < -0.3 is 20.2 Å². The Kier molecular flexibility index (Phi) is 4.98. The lowest BCUT2D eigenvalue weighted by Gasteiger charge is -2.05. The van der Waals surface area contributed by atoms with Gasteiger partial charge in [-0.05, 0) is 42.5 Å². The van der Waals surface area contributed by atoms with Crippen LogP contribution in [0.25, 0.3) is 40.3 Å². The van der Waals surface area contributed by atoms with Crippen molar-refractivity contribution in [1.82, 2.24) is 19.9 Å². The van der Waals surface area contributed by atoms with Gasteiger partial charge in [-0.3, -0.25) is 4.98 Å². The van der Waals surface area contributed by atoms with Crippen molar-refractivity contribution in [3.8, 4) is 0 Å². The van der Waals surface area contributed by atoms with Crippen molar-refractivity contribution in [2.75, 3.05) is 0 Å². The predicted octanol–water partition coefficient (Wildman–Crippen LogP) is 5.04. The van der Waals surface area contributed by atoms with Crippen LogP contribution in [0.5, 0.6) is 0 Å². The zero-order chi connectivity index (χ0) is 24.0. The van der Waals surface area contributed by atoms with Gasteiger partial charge in [0.05, 0.1) is 33.7 Å². The predicted molar refractivity (Wildman–Crippen MR) is 131 cm³/mol. The van der Waals surface area contributed by atoms with Gasteiger partial charge in [-0.25, -0.2) is 14.6 Å². The number of aromatic amines is 2. The summed E-state index contributed by atoms with van der Waals surface area (Å²) in [6, 6.07) is 8.25. The van der Waals surface area contributed by atoms with Crippen LogP contribution in [0.4, 0.5) is 0 Å². The second-order valence-corrected chi connectivity index (χ2v) is 8.02. The average Bonchev–Trinajstić information content (AvgIpc) is 3.57. The molecule has 8 nitrogen and oxygen atoms in total. The lowest BCUT2D eigenvalue weighted by Crippen LogP contribution is -2.02. The van der Waals surface area contributed by atoms with Crippen LogP contribution >= 0.6 is 0 Å². The Morgan fingerprint density at radius 2 is 1.82 bits per heavy atom. The fourth-order valence-corrected chi connectivity index (χ4v) is 4.36. The monoisotopic (exact) mass is 452 g/mol. The highest BCUT2D eigenvalue weighted by atomic mass is 16.4. The van der Waals surface area contributed by atoms with Crippen LogP contribution < -0.4 is 0 Å². The maximum Gasteiger partial charge on any atom is 0.339 e. The molecule has 168 valence electrons. The molecular weight excluding hydrogens is 432 g/mol. The number of carboxylic acids is 2. The van der Waals surface area contributed by atoms with Crippen molar-refractivity contribution in [3.05, 3.63) is 89.0 Å². The Morgan fingerprint density at radius 1 is 1.00 bits per heavy atom. The second-order valence-electron chi connectivity index (χ2n) is 8.02. The van der Waals surface area contributed by atoms with Crippen molar-refractivity contribution in [1.29, 1.82) is 0 Å². The molecule has 1 unspecified atom stereocenters. The van der Waals surface area contributed by atoms with E-state index in [1.165, 1.54) is 6.07 Å². The van der Waals surface area contributed by atoms with E-state index in [1.807, 2.05) is 18.2 Å². The first-order valence-corrected chi connectivity index (χ1v) is 10.5. The van der Waals surface area contributed by atoms with Gasteiger partial charge in [0.1, 0.15) is 5.56 Å². The normalized spacial score (nSPS) is 14.6. The lowest BCUT2D eigenvalue weighted by molar-refractivity contribution is 0.0696. The molecule has 5 heterocycles. The molecule has 0 amide bonds. The molecule has 0 aliphatic carbocycles. The molecular formula is C26H20N4O4. The quantitative estimate of drug-likeness (QED) is 0.321. The van der Waals surface area contributed by atoms with Gasteiger partial charge in [0.2, 0.25) is 0 Å². The third-order valence-corrected chi connectivity index (χ3v) is 5.88. The van der Waals surface area contributed by atoms with Crippen LogP contribution in [-0.4, -0.2) is 42.1 Å². The maximum absolute atomic E-state index is 12.2. The first-order valence-electron chi connectivity index (χ1n) is 10.5. The van der Waals surface area contributed by atoms with Crippen LogP contribution in [-0.2, 0) is 6.42 Å². The van der Waals surface area contributed by atoms with Crippen molar-refractivity contribution in [3.63, 3.8) is 0 Å². The number of hydrogen-bond donors (Lipinski definition) is 4. The third kappa shape index (κ3) is 3.51. The minimum Gasteiger partial charge on any atom is -0.478 e. The third-order valence-electron chi connectivity index (χ3n) is 5.88. The minimum absolute atomic E-state index is 0.00239. The summed E-state index contributed by atoms with van der Waals surface area (Å²) in [5.74, 6) is -2.51. The summed E-state index contributed by atoms with van der Waals surface area (Å²) in [6.07, 6.45) is 7.84. The van der Waals surface area contributed by atoms with Gasteiger partial charge in [-0.2, -0.15) is 0 Å². The summed E-state index contributed by atoms with van der Waals surface area (Å²) in [7, 11) is 0. The van der Waals surface area contributed by atoms with Crippen LogP contribution in [0.1, 0.15) is 55.0 Å². The molecule has 0 aromatic carbocycles. The van der Waals surface area contributed by atoms with Gasteiger partial charge >= 0.3 is 11.9 Å². The SMILES string of the molecule is C=Cc1c2nc(cc3cc(C(=O)O)c([nH]3)c(C(=O)O)c3ccc(cc4nc1C(C=C)C4)[nH]3)C=C2. The first kappa shape index (κ1) is 21.1. The Labute approximate surface area is 193 Å².